The Hall–Kier alpha value is -1.26. The van der Waals surface area contributed by atoms with Gasteiger partial charge in [-0.1, -0.05) is 6.07 Å². The number of anilines is 2. The van der Waals surface area contributed by atoms with E-state index >= 15 is 0 Å². The smallest absolute Gasteiger partial charge is 0.0594 e. The topological polar surface area (TPSA) is 50.5 Å². The Morgan fingerprint density at radius 3 is 2.88 bits per heavy atom. The molecular formula is C13H21N3O. The van der Waals surface area contributed by atoms with Crippen molar-refractivity contribution in [1.82, 2.24) is 4.90 Å². The van der Waals surface area contributed by atoms with Crippen molar-refractivity contribution in [3.05, 3.63) is 23.8 Å². The van der Waals surface area contributed by atoms with Crippen LogP contribution < -0.4 is 11.1 Å². The highest BCUT2D eigenvalue weighted by Gasteiger charge is 2.09. The van der Waals surface area contributed by atoms with Crippen molar-refractivity contribution in [2.75, 3.05) is 50.4 Å². The number of nitrogens with two attached hydrogens (primary N) is 1. The molecule has 2 rings (SSSR count). The average molecular weight is 235 g/mol. The van der Waals surface area contributed by atoms with E-state index < -0.39 is 0 Å². The van der Waals surface area contributed by atoms with Crippen molar-refractivity contribution in [1.29, 1.82) is 0 Å². The molecule has 1 heterocycles. The molecule has 1 aromatic carbocycles. The van der Waals surface area contributed by atoms with E-state index in [1.54, 1.807) is 0 Å². The first-order valence-electron chi connectivity index (χ1n) is 6.16. The maximum Gasteiger partial charge on any atom is 0.0594 e. The minimum absolute atomic E-state index is 0.810. The number of rotatable bonds is 4. The lowest BCUT2D eigenvalue weighted by Crippen LogP contribution is -2.39. The van der Waals surface area contributed by atoms with Gasteiger partial charge in [-0.05, 0) is 24.6 Å². The van der Waals surface area contributed by atoms with Crippen molar-refractivity contribution in [2.24, 2.45) is 0 Å². The molecule has 0 atom stereocenters. The zero-order valence-electron chi connectivity index (χ0n) is 10.4. The van der Waals surface area contributed by atoms with Crippen LogP contribution in [0.5, 0.6) is 0 Å². The molecule has 0 aromatic heterocycles. The van der Waals surface area contributed by atoms with Crippen LogP contribution in [0.25, 0.3) is 0 Å². The van der Waals surface area contributed by atoms with Gasteiger partial charge < -0.3 is 15.8 Å². The predicted octanol–water partition coefficient (Wildman–Crippen LogP) is 1.32. The van der Waals surface area contributed by atoms with Crippen LogP contribution in [0.1, 0.15) is 5.56 Å². The SMILES string of the molecule is Cc1ccc(N)cc1NCCN1CCOCC1. The number of aryl methyl sites for hydroxylation is 1. The van der Waals surface area contributed by atoms with Gasteiger partial charge in [-0.3, -0.25) is 4.90 Å². The second-order valence-electron chi connectivity index (χ2n) is 4.46. The lowest BCUT2D eigenvalue weighted by atomic mass is 10.2. The Morgan fingerprint density at radius 1 is 1.35 bits per heavy atom. The number of ether oxygens (including phenoxy) is 1. The zero-order valence-corrected chi connectivity index (χ0v) is 10.4. The van der Waals surface area contributed by atoms with Gasteiger partial charge in [0.2, 0.25) is 0 Å². The Balaban J connectivity index is 1.79. The van der Waals surface area contributed by atoms with E-state index in [4.69, 9.17) is 10.5 Å². The normalized spacial score (nSPS) is 17.0. The molecule has 0 radical (unpaired) electrons. The molecule has 0 spiro atoms. The third kappa shape index (κ3) is 3.61. The highest BCUT2D eigenvalue weighted by atomic mass is 16.5. The van der Waals surface area contributed by atoms with E-state index in [0.29, 0.717) is 0 Å². The van der Waals surface area contributed by atoms with Crippen LogP contribution in [0.2, 0.25) is 0 Å². The average Bonchev–Trinajstić information content (AvgIpc) is 2.35. The summed E-state index contributed by atoms with van der Waals surface area (Å²) in [5.74, 6) is 0. The lowest BCUT2D eigenvalue weighted by molar-refractivity contribution is 0.0398. The van der Waals surface area contributed by atoms with Crippen LogP contribution in [0.3, 0.4) is 0 Å². The number of nitrogens with zero attached hydrogens (tertiary/aromatic N) is 1. The Bertz CT molecular complexity index is 362. The molecule has 4 nitrogen and oxygen atoms in total. The summed E-state index contributed by atoms with van der Waals surface area (Å²) in [5, 5.41) is 3.44. The van der Waals surface area contributed by atoms with Crippen molar-refractivity contribution >= 4 is 11.4 Å². The molecule has 1 aliphatic heterocycles. The van der Waals surface area contributed by atoms with Gasteiger partial charge in [0.05, 0.1) is 13.2 Å². The van der Waals surface area contributed by atoms with Crippen molar-refractivity contribution in [2.45, 2.75) is 6.92 Å². The van der Waals surface area contributed by atoms with Gasteiger partial charge in [-0.25, -0.2) is 0 Å². The summed E-state index contributed by atoms with van der Waals surface area (Å²) in [4.78, 5) is 2.41. The highest BCUT2D eigenvalue weighted by Crippen LogP contribution is 2.17. The summed E-state index contributed by atoms with van der Waals surface area (Å²) in [6.45, 7) is 7.89. The van der Waals surface area contributed by atoms with Gasteiger partial charge in [0.15, 0.2) is 0 Å². The van der Waals surface area contributed by atoms with Crippen LogP contribution >= 0.6 is 0 Å². The molecule has 0 unspecified atom stereocenters. The standard InChI is InChI=1S/C13H21N3O/c1-11-2-3-12(14)10-13(11)15-4-5-16-6-8-17-9-7-16/h2-3,10,15H,4-9,14H2,1H3. The predicted molar refractivity (Wildman–Crippen MR) is 71.3 cm³/mol. The third-order valence-corrected chi connectivity index (χ3v) is 3.11. The van der Waals surface area contributed by atoms with Crippen LogP contribution in [0.4, 0.5) is 11.4 Å². The quantitative estimate of drug-likeness (QED) is 0.773. The molecule has 1 aliphatic rings. The van der Waals surface area contributed by atoms with Crippen LogP contribution in [-0.4, -0.2) is 44.3 Å². The molecule has 1 aromatic rings. The molecular weight excluding hydrogens is 214 g/mol. The number of nitrogens with one attached hydrogen (secondary N) is 1. The summed E-state index contributed by atoms with van der Waals surface area (Å²) < 4.78 is 5.32. The molecule has 0 saturated carbocycles. The van der Waals surface area contributed by atoms with Crippen LogP contribution in [0, 0.1) is 6.92 Å². The first kappa shape index (κ1) is 12.2. The van der Waals surface area contributed by atoms with Gasteiger partial charge in [-0.15, -0.1) is 0 Å². The summed E-state index contributed by atoms with van der Waals surface area (Å²) >= 11 is 0. The van der Waals surface area contributed by atoms with E-state index in [2.05, 4.69) is 17.1 Å². The van der Waals surface area contributed by atoms with E-state index in [9.17, 15) is 0 Å². The molecule has 3 N–H and O–H groups in total. The molecule has 4 heteroatoms. The van der Waals surface area contributed by atoms with Gasteiger partial charge in [-0.2, -0.15) is 0 Å². The lowest BCUT2D eigenvalue weighted by Gasteiger charge is -2.26. The zero-order chi connectivity index (χ0) is 12.1. The second-order valence-corrected chi connectivity index (χ2v) is 4.46. The summed E-state index contributed by atoms with van der Waals surface area (Å²) in [6, 6.07) is 5.98. The van der Waals surface area contributed by atoms with Gasteiger partial charge >= 0.3 is 0 Å². The number of benzene rings is 1. The first-order chi connectivity index (χ1) is 8.25. The fourth-order valence-electron chi connectivity index (χ4n) is 2.00. The summed E-state index contributed by atoms with van der Waals surface area (Å²) in [5.41, 5.74) is 8.96. The van der Waals surface area contributed by atoms with E-state index in [1.807, 2.05) is 18.2 Å². The number of morpholine rings is 1. The Morgan fingerprint density at radius 2 is 2.12 bits per heavy atom. The Labute approximate surface area is 103 Å². The van der Waals surface area contributed by atoms with Crippen LogP contribution in [0.15, 0.2) is 18.2 Å². The van der Waals surface area contributed by atoms with E-state index in [0.717, 1.165) is 50.8 Å². The molecule has 1 saturated heterocycles. The fourth-order valence-corrected chi connectivity index (χ4v) is 2.00. The Kier molecular flexibility index (Phi) is 4.23. The second kappa shape index (κ2) is 5.89. The minimum Gasteiger partial charge on any atom is -0.399 e. The molecule has 94 valence electrons. The molecule has 0 aliphatic carbocycles. The van der Waals surface area contributed by atoms with Crippen molar-refractivity contribution in [3.8, 4) is 0 Å². The fraction of sp³-hybridized carbons (Fsp3) is 0.538. The summed E-state index contributed by atoms with van der Waals surface area (Å²) in [6.07, 6.45) is 0. The number of hydrogen-bond acceptors (Lipinski definition) is 4. The largest absolute Gasteiger partial charge is 0.399 e. The number of hydrogen-bond donors (Lipinski definition) is 2. The minimum atomic E-state index is 0.810. The van der Waals surface area contributed by atoms with Crippen molar-refractivity contribution < 1.29 is 4.74 Å². The van der Waals surface area contributed by atoms with E-state index in [1.165, 1.54) is 5.56 Å². The molecule has 0 amide bonds. The van der Waals surface area contributed by atoms with Crippen LogP contribution in [-0.2, 0) is 4.74 Å². The van der Waals surface area contributed by atoms with Crippen molar-refractivity contribution in [3.63, 3.8) is 0 Å². The number of nitrogen functional groups attached to an aromatic ring is 1. The summed E-state index contributed by atoms with van der Waals surface area (Å²) in [7, 11) is 0. The maximum atomic E-state index is 5.78. The third-order valence-electron chi connectivity index (χ3n) is 3.11. The van der Waals surface area contributed by atoms with Gasteiger partial charge in [0.1, 0.15) is 0 Å². The monoisotopic (exact) mass is 235 g/mol. The molecule has 1 fully saturated rings. The van der Waals surface area contributed by atoms with E-state index in [-0.39, 0.29) is 0 Å². The molecule has 0 bridgehead atoms. The maximum absolute atomic E-state index is 5.78. The first-order valence-corrected chi connectivity index (χ1v) is 6.16. The van der Waals surface area contributed by atoms with Gasteiger partial charge in [0.25, 0.3) is 0 Å². The highest BCUT2D eigenvalue weighted by molar-refractivity contribution is 5.59. The van der Waals surface area contributed by atoms with Gasteiger partial charge in [0, 0.05) is 37.6 Å². The molecule has 17 heavy (non-hydrogen) atoms.